The van der Waals surface area contributed by atoms with Crippen LogP contribution in [0.3, 0.4) is 0 Å². The highest BCUT2D eigenvalue weighted by atomic mass is 28.4. The summed E-state index contributed by atoms with van der Waals surface area (Å²) in [6.07, 6.45) is 17.1. The summed E-state index contributed by atoms with van der Waals surface area (Å²) in [5.74, 6) is 2.53. The third-order valence-corrected chi connectivity index (χ3v) is 21.0. The van der Waals surface area contributed by atoms with Crippen LogP contribution in [0.1, 0.15) is 120 Å². The molecule has 0 heterocycles. The first-order valence-electron chi connectivity index (χ1n) is 16.0. The molecule has 38 heavy (non-hydrogen) atoms. The molecular formula is C34H64O2Si2. The van der Waals surface area contributed by atoms with Crippen LogP contribution in [0.5, 0.6) is 0 Å². The van der Waals surface area contributed by atoms with Crippen molar-refractivity contribution in [1.82, 2.24) is 0 Å². The first-order chi connectivity index (χ1) is 17.3. The molecule has 3 fully saturated rings. The molecule has 0 amide bonds. The summed E-state index contributed by atoms with van der Waals surface area (Å²) in [7, 11) is -3.68. The first kappa shape index (κ1) is 32.3. The van der Waals surface area contributed by atoms with Crippen molar-refractivity contribution in [2.45, 2.75) is 169 Å². The van der Waals surface area contributed by atoms with Crippen LogP contribution >= 0.6 is 0 Å². The molecule has 0 N–H and O–H groups in total. The lowest BCUT2D eigenvalue weighted by atomic mass is 9.61. The maximum absolute atomic E-state index is 7.05. The molecule has 0 unspecified atom stereocenters. The topological polar surface area (TPSA) is 18.5 Å². The Kier molecular flexibility index (Phi) is 9.88. The largest absolute Gasteiger partial charge is 0.414 e. The van der Waals surface area contributed by atoms with E-state index in [0.717, 1.165) is 37.0 Å². The quantitative estimate of drug-likeness (QED) is 0.288. The van der Waals surface area contributed by atoms with Gasteiger partial charge in [-0.2, -0.15) is 0 Å². The van der Waals surface area contributed by atoms with Gasteiger partial charge in [0.2, 0.25) is 0 Å². The van der Waals surface area contributed by atoms with Gasteiger partial charge in [0.1, 0.15) is 0 Å². The van der Waals surface area contributed by atoms with E-state index >= 15 is 0 Å². The van der Waals surface area contributed by atoms with Gasteiger partial charge in [-0.15, -0.1) is 0 Å². The molecule has 0 radical (unpaired) electrons. The summed E-state index contributed by atoms with van der Waals surface area (Å²) in [4.78, 5) is 0. The molecule has 3 saturated carbocycles. The van der Waals surface area contributed by atoms with E-state index in [-0.39, 0.29) is 22.3 Å². The van der Waals surface area contributed by atoms with E-state index in [2.05, 4.69) is 101 Å². The molecular weight excluding hydrogens is 497 g/mol. The van der Waals surface area contributed by atoms with Gasteiger partial charge in [-0.3, -0.25) is 0 Å². The van der Waals surface area contributed by atoms with Crippen LogP contribution in [0, 0.1) is 23.2 Å². The van der Waals surface area contributed by atoms with Gasteiger partial charge in [0.25, 0.3) is 0 Å². The monoisotopic (exact) mass is 560 g/mol. The lowest BCUT2D eigenvalue weighted by Crippen LogP contribution is -2.48. The molecule has 0 spiro atoms. The highest BCUT2D eigenvalue weighted by Gasteiger charge is 2.50. The molecule has 6 atom stereocenters. The molecule has 0 aromatic carbocycles. The lowest BCUT2D eigenvalue weighted by Gasteiger charge is -2.45. The van der Waals surface area contributed by atoms with Gasteiger partial charge < -0.3 is 8.85 Å². The molecule has 0 bridgehead atoms. The normalized spacial score (nSPS) is 33.4. The molecule has 2 nitrogen and oxygen atoms in total. The summed E-state index contributed by atoms with van der Waals surface area (Å²) in [5.41, 5.74) is 3.80. The first-order valence-corrected chi connectivity index (χ1v) is 21.9. The molecule has 0 aliphatic heterocycles. The van der Waals surface area contributed by atoms with Crippen molar-refractivity contribution in [3.63, 3.8) is 0 Å². The van der Waals surface area contributed by atoms with Crippen LogP contribution < -0.4 is 0 Å². The highest BCUT2D eigenvalue weighted by molar-refractivity contribution is 6.74. The van der Waals surface area contributed by atoms with E-state index in [4.69, 9.17) is 8.85 Å². The van der Waals surface area contributed by atoms with Gasteiger partial charge in [0.05, 0.1) is 12.2 Å². The van der Waals surface area contributed by atoms with Crippen molar-refractivity contribution in [3.05, 3.63) is 23.3 Å². The standard InChI is InChI=1S/C34H64O2Si2/c1-14-25(2)30-19-20-31-27(16-15-21-34(30,31)9)18-17-26-22-28(35-37(10,11)32(3,4)5)24-29(23-26)36-38(12,13)33(6,7)8/h17-18,25,28-31H,14-16,19-24H2,1-13H3/b27-18+/t25-,28-,29-,30-,31+,34-/m1/s1. The van der Waals surface area contributed by atoms with Gasteiger partial charge >= 0.3 is 0 Å². The Labute approximate surface area is 240 Å². The number of allylic oxidation sites excluding steroid dienone is 3. The van der Waals surface area contributed by atoms with Crippen LogP contribution in [-0.2, 0) is 8.85 Å². The van der Waals surface area contributed by atoms with E-state index in [1.165, 1.54) is 38.5 Å². The molecule has 3 aliphatic carbocycles. The smallest absolute Gasteiger partial charge is 0.192 e. The molecule has 0 saturated heterocycles. The number of hydrogen-bond donors (Lipinski definition) is 0. The fraction of sp³-hybridized carbons (Fsp3) is 0.882. The van der Waals surface area contributed by atoms with E-state index in [0.29, 0.717) is 5.41 Å². The summed E-state index contributed by atoms with van der Waals surface area (Å²) < 4.78 is 14.1. The Morgan fingerprint density at radius 1 is 0.895 bits per heavy atom. The zero-order chi connectivity index (χ0) is 28.7. The van der Waals surface area contributed by atoms with Gasteiger partial charge in [-0.25, -0.2) is 0 Å². The molecule has 3 aliphatic rings. The van der Waals surface area contributed by atoms with Crippen molar-refractivity contribution >= 4 is 16.6 Å². The Hall–Kier alpha value is -0.166. The van der Waals surface area contributed by atoms with Crippen LogP contribution in [0.25, 0.3) is 0 Å². The number of hydrogen-bond acceptors (Lipinski definition) is 2. The van der Waals surface area contributed by atoms with Crippen LogP contribution in [-0.4, -0.2) is 28.8 Å². The second kappa shape index (κ2) is 11.6. The van der Waals surface area contributed by atoms with Gasteiger partial charge in [-0.1, -0.05) is 92.0 Å². The zero-order valence-corrected chi connectivity index (χ0v) is 29.7. The van der Waals surface area contributed by atoms with E-state index in [1.807, 2.05) is 0 Å². The Balaban J connectivity index is 1.86. The SMILES string of the molecule is CC[C@@H](C)[C@H]1CC[C@H]2/C(=C/C=C3C[C@@H](O[Si](C)(C)C(C)(C)C)C[C@H](O[Si](C)(C)C(C)(C)C)C3)CCC[C@]12C. The zero-order valence-electron chi connectivity index (χ0n) is 27.7. The molecule has 0 aromatic heterocycles. The van der Waals surface area contributed by atoms with Crippen LogP contribution in [0.4, 0.5) is 0 Å². The minimum Gasteiger partial charge on any atom is -0.414 e. The van der Waals surface area contributed by atoms with E-state index in [9.17, 15) is 0 Å². The third-order valence-electron chi connectivity index (χ3n) is 11.9. The summed E-state index contributed by atoms with van der Waals surface area (Å²) in [6.45, 7) is 31.3. The van der Waals surface area contributed by atoms with Crippen molar-refractivity contribution in [1.29, 1.82) is 0 Å². The average molecular weight is 561 g/mol. The molecule has 220 valence electrons. The third kappa shape index (κ3) is 7.00. The predicted molar refractivity (Wildman–Crippen MR) is 172 cm³/mol. The molecule has 3 rings (SSSR count). The second-order valence-electron chi connectivity index (χ2n) is 16.7. The van der Waals surface area contributed by atoms with Crippen LogP contribution in [0.15, 0.2) is 23.3 Å². The maximum Gasteiger partial charge on any atom is 0.192 e. The Morgan fingerprint density at radius 2 is 1.42 bits per heavy atom. The minimum absolute atomic E-state index is 0.229. The van der Waals surface area contributed by atoms with Crippen molar-refractivity contribution < 1.29 is 8.85 Å². The van der Waals surface area contributed by atoms with Crippen LogP contribution in [0.2, 0.25) is 36.3 Å². The van der Waals surface area contributed by atoms with Gasteiger partial charge in [0.15, 0.2) is 16.6 Å². The number of rotatable bonds is 7. The predicted octanol–water partition coefficient (Wildman–Crippen LogP) is 11.1. The fourth-order valence-electron chi connectivity index (χ4n) is 7.35. The van der Waals surface area contributed by atoms with E-state index in [1.54, 1.807) is 11.1 Å². The van der Waals surface area contributed by atoms with Crippen molar-refractivity contribution in [2.75, 3.05) is 0 Å². The molecule has 4 heteroatoms. The summed E-state index contributed by atoms with van der Waals surface area (Å²) in [6, 6.07) is 0. The lowest BCUT2D eigenvalue weighted by molar-refractivity contribution is 0.0725. The van der Waals surface area contributed by atoms with Crippen molar-refractivity contribution in [3.8, 4) is 0 Å². The van der Waals surface area contributed by atoms with Gasteiger partial charge in [0, 0.05) is 0 Å². The Morgan fingerprint density at radius 3 is 1.89 bits per heavy atom. The maximum atomic E-state index is 7.05. The summed E-state index contributed by atoms with van der Waals surface area (Å²) in [5, 5.41) is 0.459. The Bertz CT molecular complexity index is 834. The fourth-order valence-corrected chi connectivity index (χ4v) is 10.1. The number of fused-ring (bicyclic) bond motifs is 1. The average Bonchev–Trinajstić information content (AvgIpc) is 3.12. The molecule has 0 aromatic rings. The minimum atomic E-state index is -1.84. The van der Waals surface area contributed by atoms with Crippen molar-refractivity contribution in [2.24, 2.45) is 23.2 Å². The van der Waals surface area contributed by atoms with E-state index < -0.39 is 16.6 Å². The van der Waals surface area contributed by atoms with Gasteiger partial charge in [-0.05, 0) is 111 Å². The summed E-state index contributed by atoms with van der Waals surface area (Å²) >= 11 is 0. The second-order valence-corrected chi connectivity index (χ2v) is 26.2. The highest BCUT2D eigenvalue weighted by Crippen LogP contribution is 2.59.